The molecule has 100 valence electrons. The molecule has 0 aliphatic rings. The van der Waals surface area contributed by atoms with E-state index in [0.717, 1.165) is 6.26 Å². The quantitative estimate of drug-likeness (QED) is 0.585. The molecule has 3 N–H and O–H groups in total. The van der Waals surface area contributed by atoms with E-state index >= 15 is 0 Å². The molecule has 0 fully saturated rings. The van der Waals surface area contributed by atoms with Crippen LogP contribution >= 0.6 is 0 Å². The van der Waals surface area contributed by atoms with E-state index < -0.39 is 9.84 Å². The lowest BCUT2D eigenvalue weighted by atomic mass is 10.1. The molecule has 6 nitrogen and oxygen atoms in total. The Morgan fingerprint density at radius 1 is 1.39 bits per heavy atom. The maximum absolute atomic E-state index is 12.1. The fourth-order valence-electron chi connectivity index (χ4n) is 1.41. The number of carbonyl (C=O) groups excluding carboxylic acids is 1. The molecule has 1 amide bonds. The normalized spacial score (nSPS) is 11.1. The van der Waals surface area contributed by atoms with Crippen molar-refractivity contribution in [3.05, 3.63) is 29.8 Å². The number of hydrogen-bond donors (Lipinski definition) is 2. The lowest BCUT2D eigenvalue weighted by Crippen LogP contribution is -2.32. The van der Waals surface area contributed by atoms with Gasteiger partial charge in [-0.15, -0.1) is 0 Å². The fourth-order valence-corrected chi connectivity index (χ4v) is 2.01. The first-order chi connectivity index (χ1) is 8.35. The van der Waals surface area contributed by atoms with Gasteiger partial charge in [-0.1, -0.05) is 12.1 Å². The van der Waals surface area contributed by atoms with Crippen LogP contribution in [0.25, 0.3) is 0 Å². The van der Waals surface area contributed by atoms with Gasteiger partial charge in [0.2, 0.25) is 0 Å². The molecule has 0 spiro atoms. The van der Waals surface area contributed by atoms with E-state index in [1.807, 2.05) is 0 Å². The molecule has 1 rings (SSSR count). The Bertz CT molecular complexity index is 528. The van der Waals surface area contributed by atoms with E-state index in [9.17, 15) is 13.2 Å². The molecule has 0 aliphatic carbocycles. The van der Waals surface area contributed by atoms with E-state index in [4.69, 9.17) is 5.84 Å². The van der Waals surface area contributed by atoms with Crippen LogP contribution in [0.15, 0.2) is 24.3 Å². The minimum atomic E-state index is -3.08. The zero-order valence-corrected chi connectivity index (χ0v) is 11.2. The van der Waals surface area contributed by atoms with E-state index in [2.05, 4.69) is 5.43 Å². The Labute approximate surface area is 107 Å². The van der Waals surface area contributed by atoms with E-state index in [0.29, 0.717) is 11.3 Å². The van der Waals surface area contributed by atoms with Gasteiger partial charge in [-0.3, -0.25) is 10.6 Å². The predicted molar refractivity (Wildman–Crippen MR) is 70.9 cm³/mol. The summed E-state index contributed by atoms with van der Waals surface area (Å²) in [5, 5.41) is 0. The molecule has 7 heteroatoms. The smallest absolute Gasteiger partial charge is 0.255 e. The minimum Gasteiger partial charge on any atom is -0.341 e. The van der Waals surface area contributed by atoms with Gasteiger partial charge in [-0.25, -0.2) is 8.42 Å². The van der Waals surface area contributed by atoms with Crippen LogP contribution < -0.4 is 11.3 Å². The molecule has 1 aromatic carbocycles. The number of benzene rings is 1. The van der Waals surface area contributed by atoms with Crippen LogP contribution in [0.5, 0.6) is 0 Å². The van der Waals surface area contributed by atoms with Crippen LogP contribution in [0, 0.1) is 0 Å². The van der Waals surface area contributed by atoms with Crippen molar-refractivity contribution in [2.45, 2.75) is 0 Å². The number of sulfone groups is 1. The van der Waals surface area contributed by atoms with Crippen molar-refractivity contribution in [2.24, 2.45) is 5.84 Å². The lowest BCUT2D eigenvalue weighted by molar-refractivity contribution is 0.0804. The number of nitrogens with two attached hydrogens (primary N) is 1. The highest BCUT2D eigenvalue weighted by atomic mass is 32.2. The van der Waals surface area contributed by atoms with Crippen LogP contribution in [0.3, 0.4) is 0 Å². The van der Waals surface area contributed by atoms with Crippen molar-refractivity contribution in [2.75, 3.05) is 31.0 Å². The Morgan fingerprint density at radius 2 is 2.00 bits per heavy atom. The Kier molecular flexibility index (Phi) is 4.69. The summed E-state index contributed by atoms with van der Waals surface area (Å²) in [5.41, 5.74) is 3.36. The Morgan fingerprint density at radius 3 is 2.56 bits per heavy atom. The zero-order valence-electron chi connectivity index (χ0n) is 10.4. The van der Waals surface area contributed by atoms with Gasteiger partial charge in [0.15, 0.2) is 0 Å². The molecule has 0 heterocycles. The third-order valence-electron chi connectivity index (χ3n) is 2.46. The van der Waals surface area contributed by atoms with Gasteiger partial charge < -0.3 is 10.3 Å². The van der Waals surface area contributed by atoms with E-state index in [1.165, 1.54) is 4.90 Å². The average molecular weight is 271 g/mol. The molecule has 0 bridgehead atoms. The van der Waals surface area contributed by atoms with E-state index in [-0.39, 0.29) is 18.2 Å². The van der Waals surface area contributed by atoms with Gasteiger partial charge in [0.1, 0.15) is 9.84 Å². The first kappa shape index (κ1) is 14.5. The monoisotopic (exact) mass is 271 g/mol. The van der Waals surface area contributed by atoms with Crippen LogP contribution in [-0.2, 0) is 9.84 Å². The second-order valence-electron chi connectivity index (χ2n) is 4.05. The topological polar surface area (TPSA) is 92.5 Å². The molecule has 0 radical (unpaired) electrons. The molecule has 0 saturated heterocycles. The van der Waals surface area contributed by atoms with Crippen LogP contribution in [-0.4, -0.2) is 44.8 Å². The Balaban J connectivity index is 2.80. The highest BCUT2D eigenvalue weighted by Gasteiger charge is 2.16. The minimum absolute atomic E-state index is 0.0620. The van der Waals surface area contributed by atoms with Crippen molar-refractivity contribution in [3.8, 4) is 0 Å². The van der Waals surface area contributed by atoms with Gasteiger partial charge in [0.25, 0.3) is 5.91 Å². The first-order valence-electron chi connectivity index (χ1n) is 5.34. The summed E-state index contributed by atoms with van der Waals surface area (Å²) in [5.74, 6) is 4.98. The number of anilines is 1. The van der Waals surface area contributed by atoms with Crippen molar-refractivity contribution in [1.29, 1.82) is 0 Å². The third-order valence-corrected chi connectivity index (χ3v) is 3.38. The van der Waals surface area contributed by atoms with Gasteiger partial charge in [0, 0.05) is 19.8 Å². The second-order valence-corrected chi connectivity index (χ2v) is 6.31. The summed E-state index contributed by atoms with van der Waals surface area (Å²) in [7, 11) is -1.53. The van der Waals surface area contributed by atoms with Crippen molar-refractivity contribution in [1.82, 2.24) is 4.90 Å². The number of hydrogen-bond acceptors (Lipinski definition) is 5. The summed E-state index contributed by atoms with van der Waals surface area (Å²) in [6.07, 6.45) is 1.14. The number of nitrogens with zero attached hydrogens (tertiary/aromatic N) is 1. The van der Waals surface area contributed by atoms with Crippen molar-refractivity contribution < 1.29 is 13.2 Å². The van der Waals surface area contributed by atoms with Crippen LogP contribution in [0.4, 0.5) is 5.69 Å². The summed E-state index contributed by atoms with van der Waals surface area (Å²) in [6, 6.07) is 6.78. The number of para-hydroxylation sites is 1. The molecular formula is C11H17N3O3S. The molecule has 0 aromatic heterocycles. The fraction of sp³-hybridized carbons (Fsp3) is 0.364. The number of nitrogens with one attached hydrogen (secondary N) is 1. The molecule has 0 unspecified atom stereocenters. The van der Waals surface area contributed by atoms with Gasteiger partial charge in [0.05, 0.1) is 17.0 Å². The largest absolute Gasteiger partial charge is 0.341 e. The lowest BCUT2D eigenvalue weighted by Gasteiger charge is -2.18. The number of amides is 1. The summed E-state index contributed by atoms with van der Waals surface area (Å²) in [6.45, 7) is 0.149. The Hall–Kier alpha value is -1.60. The maximum atomic E-state index is 12.1. The molecule has 0 atom stereocenters. The molecule has 1 aromatic rings. The standard InChI is InChI=1S/C11H17N3O3S/c1-14(7-8-18(2,16)17)11(15)9-5-3-4-6-10(9)13-12/h3-6,13H,7-8,12H2,1-2H3. The number of rotatable bonds is 5. The number of hydrazine groups is 1. The highest BCUT2D eigenvalue weighted by molar-refractivity contribution is 7.90. The first-order valence-corrected chi connectivity index (χ1v) is 7.40. The van der Waals surface area contributed by atoms with Gasteiger partial charge >= 0.3 is 0 Å². The van der Waals surface area contributed by atoms with E-state index in [1.54, 1.807) is 31.3 Å². The van der Waals surface area contributed by atoms with Crippen LogP contribution in [0.1, 0.15) is 10.4 Å². The maximum Gasteiger partial charge on any atom is 0.255 e. The SMILES string of the molecule is CN(CCS(C)(=O)=O)C(=O)c1ccccc1NN. The number of nitrogen functional groups attached to an aromatic ring is 1. The average Bonchev–Trinajstić information content (AvgIpc) is 2.34. The summed E-state index contributed by atoms with van der Waals surface area (Å²) in [4.78, 5) is 13.4. The highest BCUT2D eigenvalue weighted by Crippen LogP contribution is 2.15. The molecule has 0 aliphatic heterocycles. The van der Waals surface area contributed by atoms with Crippen molar-refractivity contribution in [3.63, 3.8) is 0 Å². The third kappa shape index (κ3) is 4.01. The molecule has 18 heavy (non-hydrogen) atoms. The number of carbonyl (C=O) groups is 1. The predicted octanol–water partition coefficient (Wildman–Crippen LogP) is 0.0888. The summed E-state index contributed by atoms with van der Waals surface area (Å²) < 4.78 is 22.1. The molecular weight excluding hydrogens is 254 g/mol. The molecule has 0 saturated carbocycles. The van der Waals surface area contributed by atoms with Gasteiger partial charge in [-0.2, -0.15) is 0 Å². The summed E-state index contributed by atoms with van der Waals surface area (Å²) >= 11 is 0. The van der Waals surface area contributed by atoms with Crippen LogP contribution in [0.2, 0.25) is 0 Å². The van der Waals surface area contributed by atoms with Gasteiger partial charge in [-0.05, 0) is 12.1 Å². The van der Waals surface area contributed by atoms with Crippen molar-refractivity contribution >= 4 is 21.4 Å². The second kappa shape index (κ2) is 5.83. The zero-order chi connectivity index (χ0) is 13.8.